The molecule has 0 aliphatic rings. The third-order valence-corrected chi connectivity index (χ3v) is 2.53. The number of nitrogens with zero attached hydrogens (tertiary/aromatic N) is 1. The number of hydrogen-bond acceptors (Lipinski definition) is 0. The second-order valence-electron chi connectivity index (χ2n) is 4.04. The quantitative estimate of drug-likeness (QED) is 0.605. The van der Waals surface area contributed by atoms with Gasteiger partial charge in [0.15, 0.2) is 5.69 Å². The summed E-state index contributed by atoms with van der Waals surface area (Å²) in [6.07, 6.45) is 0. The molecule has 0 spiro atoms. The molecule has 0 saturated carbocycles. The predicted octanol–water partition coefficient (Wildman–Crippen LogP) is 4.52. The van der Waals surface area contributed by atoms with Crippen LogP contribution in [0.25, 0.3) is 16.0 Å². The Morgan fingerprint density at radius 3 is 2.19 bits per heavy atom. The predicted molar refractivity (Wildman–Crippen MR) is 67.6 cm³/mol. The van der Waals surface area contributed by atoms with Crippen LogP contribution in [-0.2, 0) is 0 Å². The summed E-state index contributed by atoms with van der Waals surface area (Å²) >= 11 is 0. The van der Waals surface area contributed by atoms with E-state index in [0.717, 1.165) is 5.56 Å². The Bertz CT molecular complexity index is 542. The minimum Gasteiger partial charge on any atom is -0.238 e. The highest BCUT2D eigenvalue weighted by Gasteiger charge is 2.00. The molecule has 2 aromatic carbocycles. The van der Waals surface area contributed by atoms with Gasteiger partial charge in [-0.05, 0) is 31.0 Å². The van der Waals surface area contributed by atoms with Gasteiger partial charge in [0.1, 0.15) is 0 Å². The van der Waals surface area contributed by atoms with Crippen LogP contribution in [0, 0.1) is 20.4 Å². The molecule has 78 valence electrons. The topological polar surface area (TPSA) is 4.36 Å². The summed E-state index contributed by atoms with van der Waals surface area (Å²) in [6, 6.07) is 14.2. The fourth-order valence-electron chi connectivity index (χ4n) is 1.90. The lowest BCUT2D eigenvalue weighted by Gasteiger charge is -2.05. The highest BCUT2D eigenvalue weighted by molar-refractivity contribution is 5.69. The summed E-state index contributed by atoms with van der Waals surface area (Å²) in [5, 5.41) is 0. The van der Waals surface area contributed by atoms with Gasteiger partial charge in [0.25, 0.3) is 0 Å². The Labute approximate surface area is 96.2 Å². The Morgan fingerprint density at radius 2 is 1.56 bits per heavy atom. The van der Waals surface area contributed by atoms with Gasteiger partial charge >= 0.3 is 0 Å². The lowest BCUT2D eigenvalue weighted by molar-refractivity contribution is 1.38. The zero-order valence-electron chi connectivity index (χ0n) is 9.49. The van der Waals surface area contributed by atoms with E-state index < -0.39 is 0 Å². The molecule has 0 aromatic heterocycles. The Morgan fingerprint density at radius 1 is 0.875 bits per heavy atom. The van der Waals surface area contributed by atoms with E-state index in [1.165, 1.54) is 16.7 Å². The standard InChI is InChI=1S/C15H13N/c1-11-7-12(2)9-14(8-11)13-5-4-6-15(10-13)16-3/h4-10H,1-2H3. The first-order chi connectivity index (χ1) is 7.69. The third-order valence-electron chi connectivity index (χ3n) is 2.53. The average Bonchev–Trinajstić information content (AvgIpc) is 2.28. The summed E-state index contributed by atoms with van der Waals surface area (Å²) in [5.41, 5.74) is 5.49. The molecule has 0 bridgehead atoms. The second-order valence-corrected chi connectivity index (χ2v) is 4.04. The van der Waals surface area contributed by atoms with Gasteiger partial charge in [0, 0.05) is 0 Å². The second kappa shape index (κ2) is 4.20. The van der Waals surface area contributed by atoms with Crippen molar-refractivity contribution in [3.8, 4) is 11.1 Å². The van der Waals surface area contributed by atoms with Gasteiger partial charge in [-0.15, -0.1) is 0 Å². The Hall–Kier alpha value is -2.07. The van der Waals surface area contributed by atoms with Crippen molar-refractivity contribution in [2.75, 3.05) is 0 Å². The molecule has 0 aliphatic heterocycles. The summed E-state index contributed by atoms with van der Waals surface area (Å²) in [7, 11) is 0. The highest BCUT2D eigenvalue weighted by atomic mass is 14.6. The van der Waals surface area contributed by atoms with Crippen molar-refractivity contribution in [1.29, 1.82) is 0 Å². The minimum atomic E-state index is 0.691. The van der Waals surface area contributed by atoms with E-state index in [2.05, 4.69) is 36.9 Å². The van der Waals surface area contributed by atoms with E-state index in [4.69, 9.17) is 6.57 Å². The van der Waals surface area contributed by atoms with Crippen molar-refractivity contribution < 1.29 is 0 Å². The number of benzene rings is 2. The first kappa shape index (κ1) is 10.4. The van der Waals surface area contributed by atoms with E-state index in [9.17, 15) is 0 Å². The largest absolute Gasteiger partial charge is 0.238 e. The fraction of sp³-hybridized carbons (Fsp3) is 0.133. The van der Waals surface area contributed by atoms with Crippen molar-refractivity contribution >= 4 is 5.69 Å². The van der Waals surface area contributed by atoms with E-state index in [1.54, 1.807) is 0 Å². The summed E-state index contributed by atoms with van der Waals surface area (Å²) in [4.78, 5) is 3.45. The van der Waals surface area contributed by atoms with Crippen LogP contribution in [0.15, 0.2) is 42.5 Å². The van der Waals surface area contributed by atoms with Gasteiger partial charge in [0.05, 0.1) is 6.57 Å². The van der Waals surface area contributed by atoms with Gasteiger partial charge in [-0.25, -0.2) is 4.85 Å². The summed E-state index contributed by atoms with van der Waals surface area (Å²) in [6.45, 7) is 11.2. The van der Waals surface area contributed by atoms with Gasteiger partial charge < -0.3 is 0 Å². The maximum Gasteiger partial charge on any atom is 0.187 e. The lowest BCUT2D eigenvalue weighted by Crippen LogP contribution is -1.82. The van der Waals surface area contributed by atoms with Crippen molar-refractivity contribution in [3.05, 3.63) is 65.0 Å². The summed E-state index contributed by atoms with van der Waals surface area (Å²) < 4.78 is 0. The first-order valence-corrected chi connectivity index (χ1v) is 5.25. The normalized spacial score (nSPS) is 9.81. The zero-order chi connectivity index (χ0) is 11.5. The van der Waals surface area contributed by atoms with Crippen LogP contribution in [0.5, 0.6) is 0 Å². The SMILES string of the molecule is [C-]#[N+]c1cccc(-c2cc(C)cc(C)c2)c1. The molecular formula is C15H13N. The minimum absolute atomic E-state index is 0.691. The molecule has 2 aromatic rings. The van der Waals surface area contributed by atoms with Gasteiger partial charge in [0.2, 0.25) is 0 Å². The van der Waals surface area contributed by atoms with Crippen LogP contribution in [0.2, 0.25) is 0 Å². The molecular weight excluding hydrogens is 194 g/mol. The molecule has 0 unspecified atom stereocenters. The van der Waals surface area contributed by atoms with Gasteiger partial charge in [-0.2, -0.15) is 0 Å². The van der Waals surface area contributed by atoms with Crippen LogP contribution < -0.4 is 0 Å². The Kier molecular flexibility index (Phi) is 2.74. The van der Waals surface area contributed by atoms with Crippen LogP contribution in [0.1, 0.15) is 11.1 Å². The molecule has 0 atom stereocenters. The fourth-order valence-corrected chi connectivity index (χ4v) is 1.90. The highest BCUT2D eigenvalue weighted by Crippen LogP contribution is 2.25. The molecule has 1 nitrogen and oxygen atoms in total. The molecule has 0 heterocycles. The molecule has 0 radical (unpaired) electrons. The zero-order valence-corrected chi connectivity index (χ0v) is 9.49. The van der Waals surface area contributed by atoms with Crippen LogP contribution in [-0.4, -0.2) is 0 Å². The third kappa shape index (κ3) is 2.12. The van der Waals surface area contributed by atoms with E-state index >= 15 is 0 Å². The Balaban J connectivity index is 2.54. The van der Waals surface area contributed by atoms with Crippen LogP contribution in [0.3, 0.4) is 0 Å². The number of rotatable bonds is 1. The van der Waals surface area contributed by atoms with Crippen molar-refractivity contribution in [2.24, 2.45) is 0 Å². The molecule has 0 saturated heterocycles. The van der Waals surface area contributed by atoms with E-state index in [1.807, 2.05) is 24.3 Å². The van der Waals surface area contributed by atoms with E-state index in [0.29, 0.717) is 5.69 Å². The van der Waals surface area contributed by atoms with Crippen LogP contribution >= 0.6 is 0 Å². The van der Waals surface area contributed by atoms with Crippen molar-refractivity contribution in [2.45, 2.75) is 13.8 Å². The summed E-state index contributed by atoms with van der Waals surface area (Å²) in [5.74, 6) is 0. The number of hydrogen-bond donors (Lipinski definition) is 0. The number of aryl methyl sites for hydroxylation is 2. The monoisotopic (exact) mass is 207 g/mol. The maximum atomic E-state index is 7.01. The average molecular weight is 207 g/mol. The molecule has 0 aliphatic carbocycles. The molecule has 16 heavy (non-hydrogen) atoms. The molecule has 1 heteroatoms. The smallest absolute Gasteiger partial charge is 0.187 e. The molecule has 0 fully saturated rings. The first-order valence-electron chi connectivity index (χ1n) is 5.25. The molecule has 0 N–H and O–H groups in total. The molecule has 2 rings (SSSR count). The molecule has 0 amide bonds. The van der Waals surface area contributed by atoms with Crippen molar-refractivity contribution in [1.82, 2.24) is 0 Å². The van der Waals surface area contributed by atoms with Crippen molar-refractivity contribution in [3.63, 3.8) is 0 Å². The van der Waals surface area contributed by atoms with Gasteiger partial charge in [-0.1, -0.05) is 47.5 Å². The lowest BCUT2D eigenvalue weighted by atomic mass is 10.0. The maximum absolute atomic E-state index is 7.01. The van der Waals surface area contributed by atoms with E-state index in [-0.39, 0.29) is 0 Å². The van der Waals surface area contributed by atoms with Gasteiger partial charge in [-0.3, -0.25) is 0 Å². The van der Waals surface area contributed by atoms with Crippen LogP contribution in [0.4, 0.5) is 5.69 Å².